The van der Waals surface area contributed by atoms with Gasteiger partial charge in [0.2, 0.25) is 11.8 Å². The van der Waals surface area contributed by atoms with E-state index in [1.165, 1.54) is 0 Å². The van der Waals surface area contributed by atoms with Crippen molar-refractivity contribution in [3.05, 3.63) is 34.9 Å². The van der Waals surface area contributed by atoms with E-state index in [2.05, 4.69) is 23.6 Å². The van der Waals surface area contributed by atoms with Gasteiger partial charge in [0.1, 0.15) is 12.1 Å². The van der Waals surface area contributed by atoms with Crippen LogP contribution in [-0.2, 0) is 23.9 Å². The van der Waals surface area contributed by atoms with Gasteiger partial charge in [-0.3, -0.25) is 19.3 Å². The van der Waals surface area contributed by atoms with E-state index in [0.29, 0.717) is 43.7 Å². The number of carbonyl (C=O) groups excluding carboxylic acids is 3. The van der Waals surface area contributed by atoms with Crippen LogP contribution in [0.2, 0.25) is 5.02 Å². The van der Waals surface area contributed by atoms with E-state index in [4.69, 9.17) is 21.1 Å². The summed E-state index contributed by atoms with van der Waals surface area (Å²) >= 11 is 6.28. The monoisotopic (exact) mass is 706 g/mol. The summed E-state index contributed by atoms with van der Waals surface area (Å²) in [6, 6.07) is 7.57. The maximum absolute atomic E-state index is 15.0. The van der Waals surface area contributed by atoms with Gasteiger partial charge in [-0.1, -0.05) is 37.6 Å². The van der Waals surface area contributed by atoms with Crippen LogP contribution in [-0.4, -0.2) is 121 Å². The van der Waals surface area contributed by atoms with Crippen LogP contribution in [0.5, 0.6) is 0 Å². The Labute approximate surface area is 298 Å². The predicted octanol–water partition coefficient (Wildman–Crippen LogP) is 5.38. The van der Waals surface area contributed by atoms with Crippen LogP contribution in [0.1, 0.15) is 90.0 Å². The molecular formula is C37H56Cl2N4O5. The lowest BCUT2D eigenvalue weighted by molar-refractivity contribution is -0.148. The van der Waals surface area contributed by atoms with Crippen LogP contribution >= 0.6 is 24.0 Å². The molecule has 0 bridgehead atoms. The molecule has 1 aromatic rings. The zero-order chi connectivity index (χ0) is 33.3. The minimum atomic E-state index is -0.597. The molecule has 1 aromatic carbocycles. The summed E-state index contributed by atoms with van der Waals surface area (Å²) in [7, 11) is 1.82. The molecule has 0 radical (unpaired) electrons. The second kappa shape index (κ2) is 16.0. The summed E-state index contributed by atoms with van der Waals surface area (Å²) < 4.78 is 11.6. The molecule has 0 aromatic heterocycles. The highest BCUT2D eigenvalue weighted by atomic mass is 35.5. The first kappa shape index (κ1) is 37.3. The fraction of sp³-hybridized carbons (Fsp3) is 0.757. The Hall–Kier alpha value is -1.91. The van der Waals surface area contributed by atoms with Crippen molar-refractivity contribution in [2.75, 3.05) is 53.0 Å². The Kier molecular flexibility index (Phi) is 12.4. The first-order chi connectivity index (χ1) is 22.6. The number of amides is 3. The van der Waals surface area contributed by atoms with Crippen molar-refractivity contribution < 1.29 is 23.9 Å². The maximum Gasteiger partial charge on any atom is 0.252 e. The predicted molar refractivity (Wildman–Crippen MR) is 189 cm³/mol. The van der Waals surface area contributed by atoms with Crippen molar-refractivity contribution in [2.45, 2.75) is 115 Å². The fourth-order valence-electron chi connectivity index (χ4n) is 8.86. The number of likely N-dealkylation sites (N-methyl/N-ethyl adjacent to an activating group) is 1. The molecule has 5 atom stereocenters. The van der Waals surface area contributed by atoms with Gasteiger partial charge in [0.25, 0.3) is 5.91 Å². The highest BCUT2D eigenvalue weighted by Gasteiger charge is 2.51. The standard InChI is InChI=1S/C37H55ClN4O5.ClH/c1-5-39(4)35(44)32-21-29(42(36(45)33-7-6-18-47-33)28-12-16-37(2,3)17-13-28)22-41(32)34(43)31-24-40(27-14-19-46-20-15-27)23-30(31)25-8-10-26(38)11-9-25;/h8-11,27-33H,5-7,12-24H2,1-4H3;1H/t29-,30-,31+,32-,33-;/m0./s1. The van der Waals surface area contributed by atoms with Crippen LogP contribution in [0, 0.1) is 11.3 Å². The fourth-order valence-corrected chi connectivity index (χ4v) is 8.98. The number of hydrogen-bond acceptors (Lipinski definition) is 6. The van der Waals surface area contributed by atoms with E-state index < -0.39 is 12.1 Å². The molecule has 0 N–H and O–H groups in total. The van der Waals surface area contributed by atoms with Gasteiger partial charge >= 0.3 is 0 Å². The van der Waals surface area contributed by atoms with Gasteiger partial charge in [0.15, 0.2) is 0 Å². The summed E-state index contributed by atoms with van der Waals surface area (Å²) in [6.07, 6.45) is 7.55. The third-order valence-electron chi connectivity index (χ3n) is 11.9. The maximum atomic E-state index is 15.0. The molecule has 268 valence electrons. The second-order valence-corrected chi connectivity index (χ2v) is 15.9. The number of halogens is 2. The number of benzene rings is 1. The van der Waals surface area contributed by atoms with Crippen molar-refractivity contribution in [1.82, 2.24) is 19.6 Å². The molecule has 0 unspecified atom stereocenters. The van der Waals surface area contributed by atoms with Crippen LogP contribution in [0.3, 0.4) is 0 Å². The lowest BCUT2D eigenvalue weighted by Gasteiger charge is -2.43. The molecule has 4 saturated heterocycles. The van der Waals surface area contributed by atoms with E-state index in [1.807, 2.05) is 43.1 Å². The third-order valence-corrected chi connectivity index (χ3v) is 12.2. The van der Waals surface area contributed by atoms with Crippen molar-refractivity contribution in [3.8, 4) is 0 Å². The van der Waals surface area contributed by atoms with Gasteiger partial charge in [-0.15, -0.1) is 12.4 Å². The van der Waals surface area contributed by atoms with Crippen molar-refractivity contribution in [3.63, 3.8) is 0 Å². The lowest BCUT2D eigenvalue weighted by atomic mass is 9.75. The molecule has 3 amide bonds. The van der Waals surface area contributed by atoms with Crippen molar-refractivity contribution >= 4 is 41.7 Å². The Morgan fingerprint density at radius 1 is 0.917 bits per heavy atom. The molecule has 11 heteroatoms. The topological polar surface area (TPSA) is 82.6 Å². The molecule has 5 aliphatic rings. The van der Waals surface area contributed by atoms with Gasteiger partial charge in [-0.2, -0.15) is 0 Å². The van der Waals surface area contributed by atoms with E-state index in [0.717, 1.165) is 76.7 Å². The minimum Gasteiger partial charge on any atom is -0.381 e. The minimum absolute atomic E-state index is 0. The van der Waals surface area contributed by atoms with E-state index in [-0.39, 0.29) is 59.5 Å². The van der Waals surface area contributed by atoms with Crippen LogP contribution in [0.15, 0.2) is 24.3 Å². The quantitative estimate of drug-likeness (QED) is 0.361. The number of nitrogens with zero attached hydrogens (tertiary/aromatic N) is 4. The van der Waals surface area contributed by atoms with Gasteiger partial charge in [0.05, 0.1) is 12.0 Å². The summed E-state index contributed by atoms with van der Waals surface area (Å²) in [4.78, 5) is 51.4. The van der Waals surface area contributed by atoms with Gasteiger partial charge in [0, 0.05) is 76.1 Å². The van der Waals surface area contributed by atoms with Gasteiger partial charge < -0.3 is 24.2 Å². The van der Waals surface area contributed by atoms with Gasteiger partial charge in [-0.25, -0.2) is 0 Å². The molecule has 4 aliphatic heterocycles. The van der Waals surface area contributed by atoms with Crippen LogP contribution in [0.25, 0.3) is 0 Å². The summed E-state index contributed by atoms with van der Waals surface area (Å²) in [5.74, 6) is -0.268. The second-order valence-electron chi connectivity index (χ2n) is 15.5. The van der Waals surface area contributed by atoms with Gasteiger partial charge in [-0.05, 0) is 87.8 Å². The molecule has 4 heterocycles. The van der Waals surface area contributed by atoms with E-state index in [9.17, 15) is 14.4 Å². The van der Waals surface area contributed by atoms with E-state index >= 15 is 0 Å². The normalized spacial score (nSPS) is 29.9. The average Bonchev–Trinajstić information content (AvgIpc) is 3.86. The molecule has 0 spiro atoms. The molecule has 48 heavy (non-hydrogen) atoms. The SMILES string of the molecule is CCN(C)C(=O)[C@@H]1C[C@H](N(C(=O)[C@@H]2CCCO2)C2CCC(C)(C)CC2)CN1C(=O)[C@@H]1CN(C2CCOCC2)C[C@H]1c1ccc(Cl)cc1.Cl. The highest BCUT2D eigenvalue weighted by Crippen LogP contribution is 2.42. The van der Waals surface area contributed by atoms with Crippen LogP contribution in [0.4, 0.5) is 0 Å². The third kappa shape index (κ3) is 8.01. The lowest BCUT2D eigenvalue weighted by Crippen LogP contribution is -2.53. The molecule has 1 saturated carbocycles. The number of likely N-dealkylation sites (tertiary alicyclic amines) is 2. The summed E-state index contributed by atoms with van der Waals surface area (Å²) in [5, 5.41) is 0.675. The zero-order valence-electron chi connectivity index (χ0n) is 29.3. The van der Waals surface area contributed by atoms with Crippen LogP contribution < -0.4 is 0 Å². The summed E-state index contributed by atoms with van der Waals surface area (Å²) in [6.45, 7) is 11.1. The molecular weight excluding hydrogens is 651 g/mol. The van der Waals surface area contributed by atoms with Crippen molar-refractivity contribution in [1.29, 1.82) is 0 Å². The first-order valence-electron chi connectivity index (χ1n) is 18.1. The smallest absolute Gasteiger partial charge is 0.252 e. The Morgan fingerprint density at radius 2 is 1.60 bits per heavy atom. The number of ether oxygens (including phenoxy) is 2. The Balaban J connectivity index is 0.00000451. The molecule has 5 fully saturated rings. The highest BCUT2D eigenvalue weighted by molar-refractivity contribution is 6.30. The molecule has 9 nitrogen and oxygen atoms in total. The Bertz CT molecular complexity index is 1260. The molecule has 6 rings (SSSR count). The first-order valence-corrected chi connectivity index (χ1v) is 18.5. The largest absolute Gasteiger partial charge is 0.381 e. The average molecular weight is 708 g/mol. The van der Waals surface area contributed by atoms with E-state index in [1.54, 1.807) is 4.90 Å². The van der Waals surface area contributed by atoms with Crippen molar-refractivity contribution in [2.24, 2.45) is 11.3 Å². The number of hydrogen-bond donors (Lipinski definition) is 0. The number of rotatable bonds is 8. The Morgan fingerprint density at radius 3 is 2.23 bits per heavy atom. The summed E-state index contributed by atoms with van der Waals surface area (Å²) in [5.41, 5.74) is 1.36. The molecule has 1 aliphatic carbocycles. The number of carbonyl (C=O) groups is 3. The zero-order valence-corrected chi connectivity index (χ0v) is 30.9.